The number of benzene rings is 1. The van der Waals surface area contributed by atoms with E-state index in [0.29, 0.717) is 34.7 Å². The molecule has 0 radical (unpaired) electrons. The zero-order valence-electron chi connectivity index (χ0n) is 11.3. The predicted octanol–water partition coefficient (Wildman–Crippen LogP) is 3.30. The Balaban J connectivity index is 2.04. The normalized spacial score (nSPS) is 21.6. The standard InChI is InChI=1S/C13H16Cl2N2O3/c1-13(3-4-20-7-13)17-12(18)16-8-5-9(14)11(19-2)10(15)6-8/h5-6H,3-4,7H2,1-2H3,(H2,16,17,18)/t13-/m0/s1. The van der Waals surface area contributed by atoms with Gasteiger partial charge < -0.3 is 20.1 Å². The molecule has 7 heteroatoms. The van der Waals surface area contributed by atoms with Gasteiger partial charge in [0.2, 0.25) is 0 Å². The topological polar surface area (TPSA) is 59.6 Å². The molecule has 0 unspecified atom stereocenters. The van der Waals surface area contributed by atoms with Gasteiger partial charge in [0.15, 0.2) is 5.75 Å². The third kappa shape index (κ3) is 3.48. The smallest absolute Gasteiger partial charge is 0.319 e. The Morgan fingerprint density at radius 1 is 1.40 bits per heavy atom. The van der Waals surface area contributed by atoms with Crippen LogP contribution in [-0.4, -0.2) is 31.9 Å². The number of hydrogen-bond acceptors (Lipinski definition) is 3. The third-order valence-corrected chi connectivity index (χ3v) is 3.66. The number of rotatable bonds is 3. The number of anilines is 1. The van der Waals surface area contributed by atoms with Crippen molar-refractivity contribution in [1.29, 1.82) is 0 Å². The van der Waals surface area contributed by atoms with E-state index < -0.39 is 0 Å². The van der Waals surface area contributed by atoms with Gasteiger partial charge in [0.25, 0.3) is 0 Å². The monoisotopic (exact) mass is 318 g/mol. The Morgan fingerprint density at radius 3 is 2.55 bits per heavy atom. The fourth-order valence-corrected chi connectivity index (χ4v) is 2.67. The van der Waals surface area contributed by atoms with E-state index in [1.54, 1.807) is 12.1 Å². The largest absolute Gasteiger partial charge is 0.494 e. The van der Waals surface area contributed by atoms with Gasteiger partial charge in [-0.25, -0.2) is 4.79 Å². The second kappa shape index (κ2) is 6.08. The number of urea groups is 1. The summed E-state index contributed by atoms with van der Waals surface area (Å²) < 4.78 is 10.3. The van der Waals surface area contributed by atoms with Gasteiger partial charge in [0.1, 0.15) is 0 Å². The van der Waals surface area contributed by atoms with Crippen molar-refractivity contribution >= 4 is 34.9 Å². The number of methoxy groups -OCH3 is 1. The summed E-state index contributed by atoms with van der Waals surface area (Å²) in [4.78, 5) is 12.0. The summed E-state index contributed by atoms with van der Waals surface area (Å²) in [6, 6.07) is 2.84. The fourth-order valence-electron chi connectivity index (χ4n) is 2.03. The molecule has 0 saturated carbocycles. The van der Waals surface area contributed by atoms with E-state index >= 15 is 0 Å². The van der Waals surface area contributed by atoms with Gasteiger partial charge in [-0.2, -0.15) is 0 Å². The second-order valence-electron chi connectivity index (χ2n) is 4.92. The molecule has 2 rings (SSSR count). The van der Waals surface area contributed by atoms with Gasteiger partial charge in [0, 0.05) is 12.3 Å². The number of halogens is 2. The van der Waals surface area contributed by atoms with E-state index in [1.807, 2.05) is 6.92 Å². The van der Waals surface area contributed by atoms with Gasteiger partial charge in [-0.3, -0.25) is 0 Å². The van der Waals surface area contributed by atoms with Crippen LogP contribution in [-0.2, 0) is 4.74 Å². The first-order chi connectivity index (χ1) is 9.43. The summed E-state index contributed by atoms with van der Waals surface area (Å²) in [7, 11) is 1.48. The maximum atomic E-state index is 12.0. The van der Waals surface area contributed by atoms with Crippen LogP contribution in [0.1, 0.15) is 13.3 Å². The molecular weight excluding hydrogens is 303 g/mol. The molecule has 1 aliphatic heterocycles. The van der Waals surface area contributed by atoms with Crippen molar-refractivity contribution in [2.24, 2.45) is 0 Å². The number of carbonyl (C=O) groups excluding carboxylic acids is 1. The average Bonchev–Trinajstić information content (AvgIpc) is 2.74. The summed E-state index contributed by atoms with van der Waals surface area (Å²) in [6.07, 6.45) is 0.782. The van der Waals surface area contributed by atoms with Crippen LogP contribution in [0.5, 0.6) is 5.75 Å². The Bertz CT molecular complexity index is 493. The first kappa shape index (κ1) is 15.2. The van der Waals surface area contributed by atoms with E-state index in [2.05, 4.69) is 10.6 Å². The molecule has 1 aliphatic rings. The Kier molecular flexibility index (Phi) is 4.62. The average molecular weight is 319 g/mol. The zero-order chi connectivity index (χ0) is 14.8. The van der Waals surface area contributed by atoms with Gasteiger partial charge in [0.05, 0.1) is 29.3 Å². The summed E-state index contributed by atoms with van der Waals surface area (Å²) in [5, 5.41) is 6.25. The molecule has 1 aromatic carbocycles. The van der Waals surface area contributed by atoms with Crippen LogP contribution >= 0.6 is 23.2 Å². The van der Waals surface area contributed by atoms with E-state index in [-0.39, 0.29) is 11.6 Å². The zero-order valence-corrected chi connectivity index (χ0v) is 12.8. The molecule has 0 bridgehead atoms. The molecule has 2 N–H and O–H groups in total. The molecule has 0 aromatic heterocycles. The first-order valence-corrected chi connectivity index (χ1v) is 6.89. The van der Waals surface area contributed by atoms with Gasteiger partial charge in [-0.05, 0) is 25.5 Å². The number of nitrogens with one attached hydrogen (secondary N) is 2. The van der Waals surface area contributed by atoms with Crippen LogP contribution in [0.3, 0.4) is 0 Å². The van der Waals surface area contributed by atoms with Crippen molar-refractivity contribution in [1.82, 2.24) is 5.32 Å². The van der Waals surface area contributed by atoms with Crippen LogP contribution < -0.4 is 15.4 Å². The van der Waals surface area contributed by atoms with Crippen molar-refractivity contribution in [3.63, 3.8) is 0 Å². The lowest BCUT2D eigenvalue weighted by Crippen LogP contribution is -2.48. The Labute approximate surface area is 127 Å². The number of ether oxygens (including phenoxy) is 2. The Hall–Kier alpha value is -1.17. The molecule has 5 nitrogen and oxygen atoms in total. The molecule has 1 heterocycles. The van der Waals surface area contributed by atoms with Gasteiger partial charge in [-0.1, -0.05) is 23.2 Å². The number of amides is 2. The summed E-state index contributed by atoms with van der Waals surface area (Å²) >= 11 is 12.0. The minimum Gasteiger partial charge on any atom is -0.494 e. The maximum Gasteiger partial charge on any atom is 0.319 e. The summed E-state index contributed by atoms with van der Waals surface area (Å²) in [5.41, 5.74) is 0.158. The quantitative estimate of drug-likeness (QED) is 0.899. The minimum absolute atomic E-state index is 0.324. The van der Waals surface area contributed by atoms with E-state index in [1.165, 1.54) is 7.11 Å². The molecule has 1 atom stereocenters. The van der Waals surface area contributed by atoms with Crippen molar-refractivity contribution < 1.29 is 14.3 Å². The Morgan fingerprint density at radius 2 is 2.05 bits per heavy atom. The molecule has 20 heavy (non-hydrogen) atoms. The van der Waals surface area contributed by atoms with Crippen molar-refractivity contribution in [2.75, 3.05) is 25.6 Å². The third-order valence-electron chi connectivity index (χ3n) is 3.09. The molecular formula is C13H16Cl2N2O3. The van der Waals surface area contributed by atoms with Crippen LogP contribution in [0.2, 0.25) is 10.0 Å². The highest BCUT2D eigenvalue weighted by Crippen LogP contribution is 2.35. The lowest BCUT2D eigenvalue weighted by Gasteiger charge is -2.23. The molecule has 0 aliphatic carbocycles. The SMILES string of the molecule is COc1c(Cl)cc(NC(=O)N[C@@]2(C)CCOC2)cc1Cl. The summed E-state index contributed by atoms with van der Waals surface area (Å²) in [6.45, 7) is 3.09. The first-order valence-electron chi connectivity index (χ1n) is 6.13. The second-order valence-corrected chi connectivity index (χ2v) is 5.73. The van der Waals surface area contributed by atoms with E-state index in [4.69, 9.17) is 32.7 Å². The van der Waals surface area contributed by atoms with Crippen LogP contribution in [0.15, 0.2) is 12.1 Å². The van der Waals surface area contributed by atoms with Crippen molar-refractivity contribution in [3.8, 4) is 5.75 Å². The van der Waals surface area contributed by atoms with Crippen LogP contribution in [0, 0.1) is 0 Å². The molecule has 1 aromatic rings. The lowest BCUT2D eigenvalue weighted by molar-refractivity contribution is 0.172. The van der Waals surface area contributed by atoms with Crippen LogP contribution in [0.25, 0.3) is 0 Å². The maximum absolute atomic E-state index is 12.0. The molecule has 0 spiro atoms. The number of carbonyl (C=O) groups is 1. The van der Waals surface area contributed by atoms with Crippen molar-refractivity contribution in [3.05, 3.63) is 22.2 Å². The van der Waals surface area contributed by atoms with Crippen molar-refractivity contribution in [2.45, 2.75) is 18.9 Å². The molecule has 1 saturated heterocycles. The molecule has 1 fully saturated rings. The summed E-state index contributed by atoms with van der Waals surface area (Å²) in [5.74, 6) is 0.385. The van der Waals surface area contributed by atoms with Gasteiger partial charge in [-0.15, -0.1) is 0 Å². The minimum atomic E-state index is -0.343. The molecule has 2 amide bonds. The number of hydrogen-bond donors (Lipinski definition) is 2. The van der Waals surface area contributed by atoms with Crippen LogP contribution in [0.4, 0.5) is 10.5 Å². The molecule has 110 valence electrons. The van der Waals surface area contributed by atoms with E-state index in [9.17, 15) is 4.79 Å². The highest BCUT2D eigenvalue weighted by molar-refractivity contribution is 6.37. The fraction of sp³-hybridized carbons (Fsp3) is 0.462. The predicted molar refractivity (Wildman–Crippen MR) is 79.0 cm³/mol. The van der Waals surface area contributed by atoms with Gasteiger partial charge >= 0.3 is 6.03 Å². The highest BCUT2D eigenvalue weighted by Gasteiger charge is 2.31. The van der Waals surface area contributed by atoms with E-state index in [0.717, 1.165) is 6.42 Å². The lowest BCUT2D eigenvalue weighted by atomic mass is 10.0. The highest BCUT2D eigenvalue weighted by atomic mass is 35.5.